The van der Waals surface area contributed by atoms with Crippen LogP contribution in [0.3, 0.4) is 0 Å². The summed E-state index contributed by atoms with van der Waals surface area (Å²) in [5, 5.41) is 2.24. The number of carbonyl (C=O) groups is 1. The molecule has 0 spiro atoms. The first-order valence-corrected chi connectivity index (χ1v) is 10.2. The van der Waals surface area contributed by atoms with Gasteiger partial charge in [0.2, 0.25) is 0 Å². The zero-order chi connectivity index (χ0) is 19.1. The number of primary amides is 1. The molecule has 1 atom stereocenters. The molecule has 1 amide bonds. The zero-order valence-electron chi connectivity index (χ0n) is 15.3. The van der Waals surface area contributed by atoms with Crippen LogP contribution in [-0.4, -0.2) is 33.9 Å². The number of pyridine rings is 2. The van der Waals surface area contributed by atoms with Crippen LogP contribution in [0.1, 0.15) is 33.1 Å². The average molecular weight is 388 g/mol. The summed E-state index contributed by atoms with van der Waals surface area (Å²) in [5.41, 5.74) is 9.08. The van der Waals surface area contributed by atoms with Gasteiger partial charge in [0.25, 0.3) is 5.91 Å². The predicted molar refractivity (Wildman–Crippen MR) is 113 cm³/mol. The number of benzene rings is 1. The molecule has 1 aliphatic heterocycles. The fourth-order valence-electron chi connectivity index (χ4n) is 4.29. The molecule has 0 saturated carbocycles. The van der Waals surface area contributed by atoms with Gasteiger partial charge in [-0.15, -0.1) is 11.3 Å². The summed E-state index contributed by atoms with van der Waals surface area (Å²) >= 11 is 1.41. The molecule has 3 aromatic heterocycles. The molecule has 0 aliphatic carbocycles. The number of para-hydroxylation sites is 1. The monoisotopic (exact) mass is 388 g/mol. The van der Waals surface area contributed by atoms with E-state index in [0.717, 1.165) is 47.4 Å². The highest BCUT2D eigenvalue weighted by Gasteiger charge is 2.30. The van der Waals surface area contributed by atoms with Crippen molar-refractivity contribution in [3.05, 3.63) is 70.9 Å². The third kappa shape index (κ3) is 2.95. The molecule has 4 heterocycles. The van der Waals surface area contributed by atoms with Gasteiger partial charge >= 0.3 is 0 Å². The first-order chi connectivity index (χ1) is 13.7. The van der Waals surface area contributed by atoms with Gasteiger partial charge in [-0.2, -0.15) is 0 Å². The highest BCUT2D eigenvalue weighted by molar-refractivity contribution is 7.20. The molecule has 1 aromatic carbocycles. The number of nitrogens with two attached hydrogens (primary N) is 1. The molecule has 1 saturated heterocycles. The van der Waals surface area contributed by atoms with Gasteiger partial charge in [0.05, 0.1) is 10.4 Å². The number of fused-ring (bicyclic) bond motifs is 2. The smallest absolute Gasteiger partial charge is 0.259 e. The number of carbonyl (C=O) groups excluding carboxylic acids is 1. The van der Waals surface area contributed by atoms with Crippen molar-refractivity contribution in [2.24, 2.45) is 5.73 Å². The van der Waals surface area contributed by atoms with E-state index < -0.39 is 0 Å². The van der Waals surface area contributed by atoms with Crippen molar-refractivity contribution in [3.63, 3.8) is 0 Å². The number of hydrogen-bond acceptors (Lipinski definition) is 5. The molecule has 2 N–H and O–H groups in total. The van der Waals surface area contributed by atoms with Crippen LogP contribution in [0, 0.1) is 0 Å². The van der Waals surface area contributed by atoms with Crippen LogP contribution < -0.4 is 5.73 Å². The minimum Gasteiger partial charge on any atom is -0.365 e. The van der Waals surface area contributed by atoms with Crippen LogP contribution in [0.15, 0.2) is 54.9 Å². The molecule has 5 rings (SSSR count). The summed E-state index contributed by atoms with van der Waals surface area (Å²) in [7, 11) is 0. The Balaban J connectivity index is 1.44. The maximum Gasteiger partial charge on any atom is 0.259 e. The number of nitrogens with zero attached hydrogens (tertiary/aromatic N) is 3. The molecule has 0 radical (unpaired) electrons. The van der Waals surface area contributed by atoms with E-state index in [1.807, 2.05) is 18.3 Å². The second-order valence-electron chi connectivity index (χ2n) is 7.28. The molecule has 1 fully saturated rings. The van der Waals surface area contributed by atoms with Gasteiger partial charge in [0.1, 0.15) is 4.83 Å². The molecular weight excluding hydrogens is 368 g/mol. The highest BCUT2D eigenvalue weighted by Crippen LogP contribution is 2.39. The molecule has 140 valence electrons. The fraction of sp³-hybridized carbons (Fsp3) is 0.227. The largest absolute Gasteiger partial charge is 0.365 e. The van der Waals surface area contributed by atoms with Crippen molar-refractivity contribution >= 4 is 38.4 Å². The van der Waals surface area contributed by atoms with Gasteiger partial charge in [-0.3, -0.25) is 14.7 Å². The van der Waals surface area contributed by atoms with E-state index in [1.54, 1.807) is 6.20 Å². The Morgan fingerprint density at radius 1 is 1.14 bits per heavy atom. The van der Waals surface area contributed by atoms with E-state index in [2.05, 4.69) is 45.2 Å². The number of hydrogen-bond donors (Lipinski definition) is 1. The first-order valence-electron chi connectivity index (χ1n) is 9.43. The van der Waals surface area contributed by atoms with E-state index in [1.165, 1.54) is 22.3 Å². The number of thiophene rings is 1. The van der Waals surface area contributed by atoms with Crippen LogP contribution in [0.2, 0.25) is 0 Å². The SMILES string of the molecule is NC(=O)c1sc2ncccc2c1C1CCN(Cc2cccc3cccnc23)C1. The Hall–Kier alpha value is -2.83. The van der Waals surface area contributed by atoms with Gasteiger partial charge in [0, 0.05) is 42.2 Å². The van der Waals surface area contributed by atoms with Gasteiger partial charge < -0.3 is 5.73 Å². The van der Waals surface area contributed by atoms with Crippen molar-refractivity contribution in [1.29, 1.82) is 0 Å². The Morgan fingerprint density at radius 2 is 1.96 bits per heavy atom. The summed E-state index contributed by atoms with van der Waals surface area (Å²) < 4.78 is 0. The van der Waals surface area contributed by atoms with Crippen molar-refractivity contribution in [2.45, 2.75) is 18.9 Å². The maximum atomic E-state index is 12.1. The summed E-state index contributed by atoms with van der Waals surface area (Å²) in [4.78, 5) is 25.0. The van der Waals surface area contributed by atoms with Crippen LogP contribution in [0.5, 0.6) is 0 Å². The second-order valence-corrected chi connectivity index (χ2v) is 8.28. The summed E-state index contributed by atoms with van der Waals surface area (Å²) in [6.45, 7) is 2.75. The minimum atomic E-state index is -0.352. The molecule has 5 nitrogen and oxygen atoms in total. The van der Waals surface area contributed by atoms with Crippen LogP contribution >= 0.6 is 11.3 Å². The van der Waals surface area contributed by atoms with Gasteiger partial charge in [-0.1, -0.05) is 30.3 Å². The predicted octanol–water partition coefficient (Wildman–Crippen LogP) is 3.93. The second kappa shape index (κ2) is 6.96. The highest BCUT2D eigenvalue weighted by atomic mass is 32.1. The normalized spacial score (nSPS) is 17.5. The van der Waals surface area contributed by atoms with E-state index in [0.29, 0.717) is 10.8 Å². The Bertz CT molecular complexity index is 1180. The Labute approximate surface area is 166 Å². The van der Waals surface area contributed by atoms with E-state index in [9.17, 15) is 4.79 Å². The van der Waals surface area contributed by atoms with E-state index in [-0.39, 0.29) is 5.91 Å². The van der Waals surface area contributed by atoms with Crippen LogP contribution in [0.25, 0.3) is 21.1 Å². The topological polar surface area (TPSA) is 72.1 Å². The quantitative estimate of drug-likeness (QED) is 0.575. The molecule has 28 heavy (non-hydrogen) atoms. The molecule has 1 aliphatic rings. The van der Waals surface area contributed by atoms with E-state index >= 15 is 0 Å². The van der Waals surface area contributed by atoms with Crippen molar-refractivity contribution in [2.75, 3.05) is 13.1 Å². The molecule has 6 heteroatoms. The van der Waals surface area contributed by atoms with E-state index in [4.69, 9.17) is 5.73 Å². The molecule has 4 aromatic rings. The maximum absolute atomic E-state index is 12.1. The van der Waals surface area contributed by atoms with Crippen molar-refractivity contribution in [3.8, 4) is 0 Å². The standard InChI is InChI=1S/C22H20N4OS/c23-21(27)20-18(17-7-3-10-25-22(17)28-20)15-8-11-26(12-15)13-16-5-1-4-14-6-2-9-24-19(14)16/h1-7,9-10,15H,8,11-13H2,(H2,23,27). The van der Waals surface area contributed by atoms with Gasteiger partial charge in [-0.05, 0) is 36.2 Å². The first kappa shape index (κ1) is 17.3. The summed E-state index contributed by atoms with van der Waals surface area (Å²) in [6.07, 6.45) is 4.63. The lowest BCUT2D eigenvalue weighted by molar-refractivity contribution is 0.100. The van der Waals surface area contributed by atoms with Gasteiger partial charge in [-0.25, -0.2) is 4.98 Å². The average Bonchev–Trinajstić information content (AvgIpc) is 3.32. The zero-order valence-corrected chi connectivity index (χ0v) is 16.2. The number of amides is 1. The van der Waals surface area contributed by atoms with Crippen LogP contribution in [-0.2, 0) is 6.54 Å². The third-order valence-electron chi connectivity index (χ3n) is 5.52. The van der Waals surface area contributed by atoms with Crippen molar-refractivity contribution in [1.82, 2.24) is 14.9 Å². The lowest BCUT2D eigenvalue weighted by atomic mass is 9.95. The minimum absolute atomic E-state index is 0.295. The van der Waals surface area contributed by atoms with Crippen molar-refractivity contribution < 1.29 is 4.79 Å². The summed E-state index contributed by atoms with van der Waals surface area (Å²) in [5.74, 6) is -0.0573. The van der Waals surface area contributed by atoms with Gasteiger partial charge in [0.15, 0.2) is 0 Å². The van der Waals surface area contributed by atoms with Crippen LogP contribution in [0.4, 0.5) is 0 Å². The molecular formula is C22H20N4OS. The lowest BCUT2D eigenvalue weighted by Crippen LogP contribution is -2.20. The number of aromatic nitrogens is 2. The Kier molecular flexibility index (Phi) is 4.30. The lowest BCUT2D eigenvalue weighted by Gasteiger charge is -2.17. The molecule has 1 unspecified atom stereocenters. The number of likely N-dealkylation sites (tertiary alicyclic amines) is 1. The Morgan fingerprint density at radius 3 is 2.86 bits per heavy atom. The number of rotatable bonds is 4. The third-order valence-corrected chi connectivity index (χ3v) is 6.66. The molecule has 0 bridgehead atoms. The fourth-order valence-corrected chi connectivity index (χ4v) is 5.37. The summed E-state index contributed by atoms with van der Waals surface area (Å²) in [6, 6.07) is 14.4.